The van der Waals surface area contributed by atoms with Gasteiger partial charge in [0.25, 0.3) is 5.91 Å². The number of amides is 1. The predicted molar refractivity (Wildman–Crippen MR) is 138 cm³/mol. The normalized spacial score (nSPS) is 10.9. The van der Waals surface area contributed by atoms with Gasteiger partial charge in [0.15, 0.2) is 11.5 Å². The minimum absolute atomic E-state index is 0.225. The Morgan fingerprint density at radius 2 is 1.75 bits per heavy atom. The first-order valence-electron chi connectivity index (χ1n) is 11.6. The fraction of sp³-hybridized carbons (Fsp3) is 0.241. The van der Waals surface area contributed by atoms with E-state index >= 15 is 0 Å². The molecule has 36 heavy (non-hydrogen) atoms. The molecule has 4 rings (SSSR count). The number of rotatable bonds is 9. The van der Waals surface area contributed by atoms with Gasteiger partial charge in [-0.1, -0.05) is 35.9 Å². The van der Waals surface area contributed by atoms with Gasteiger partial charge in [-0.25, -0.2) is 9.37 Å². The topological polar surface area (TPSA) is 60.9 Å². The van der Waals surface area contributed by atoms with Crippen LogP contribution in [0.3, 0.4) is 0 Å². The lowest BCUT2D eigenvalue weighted by atomic mass is 10.0. The Morgan fingerprint density at radius 1 is 0.972 bits per heavy atom. The summed E-state index contributed by atoms with van der Waals surface area (Å²) in [6, 6.07) is 19.7. The summed E-state index contributed by atoms with van der Waals surface area (Å²) in [7, 11) is 4.64. The zero-order valence-corrected chi connectivity index (χ0v) is 20.9. The van der Waals surface area contributed by atoms with Crippen LogP contribution in [-0.2, 0) is 11.3 Å². The number of para-hydroxylation sites is 1. The van der Waals surface area contributed by atoms with E-state index in [4.69, 9.17) is 19.2 Å². The second-order valence-electron chi connectivity index (χ2n) is 8.46. The highest BCUT2D eigenvalue weighted by atomic mass is 19.1. The quantitative estimate of drug-likeness (QED) is 0.304. The van der Waals surface area contributed by atoms with Gasteiger partial charge in [-0.05, 0) is 42.8 Å². The first kappa shape index (κ1) is 25.1. The second-order valence-corrected chi connectivity index (χ2v) is 8.46. The Labute approximate surface area is 210 Å². The van der Waals surface area contributed by atoms with Crippen LogP contribution in [-0.4, -0.2) is 50.3 Å². The van der Waals surface area contributed by atoms with Gasteiger partial charge in [-0.15, -0.1) is 0 Å². The lowest BCUT2D eigenvalue weighted by molar-refractivity contribution is 0.0676. The van der Waals surface area contributed by atoms with Crippen molar-refractivity contribution in [2.75, 3.05) is 34.5 Å². The summed E-state index contributed by atoms with van der Waals surface area (Å²) in [4.78, 5) is 20.3. The van der Waals surface area contributed by atoms with Crippen molar-refractivity contribution in [3.8, 4) is 22.8 Å². The number of nitrogens with zero attached hydrogens (tertiary/aromatic N) is 2. The van der Waals surface area contributed by atoms with Crippen molar-refractivity contribution < 1.29 is 23.4 Å². The highest BCUT2D eigenvalue weighted by molar-refractivity contribution is 5.98. The number of hydrogen-bond acceptors (Lipinski definition) is 5. The average Bonchev–Trinajstić information content (AvgIpc) is 2.90. The molecule has 4 aromatic rings. The number of aromatic nitrogens is 1. The molecular formula is C29H29FN2O4. The first-order chi connectivity index (χ1) is 17.4. The van der Waals surface area contributed by atoms with Crippen molar-refractivity contribution in [3.05, 3.63) is 89.2 Å². The largest absolute Gasteiger partial charge is 0.493 e. The maximum absolute atomic E-state index is 14.0. The summed E-state index contributed by atoms with van der Waals surface area (Å²) in [6.07, 6.45) is 0. The van der Waals surface area contributed by atoms with Crippen molar-refractivity contribution in [2.45, 2.75) is 13.5 Å². The number of carbonyl (C=O) groups excluding carboxylic acids is 1. The van der Waals surface area contributed by atoms with Crippen molar-refractivity contribution in [2.24, 2.45) is 0 Å². The molecule has 1 aromatic heterocycles. The van der Waals surface area contributed by atoms with Gasteiger partial charge in [0.2, 0.25) is 0 Å². The highest BCUT2D eigenvalue weighted by Gasteiger charge is 2.24. The Balaban J connectivity index is 1.81. The minimum atomic E-state index is -0.348. The molecule has 6 nitrogen and oxygen atoms in total. The van der Waals surface area contributed by atoms with Gasteiger partial charge in [-0.2, -0.15) is 0 Å². The molecule has 0 bridgehead atoms. The van der Waals surface area contributed by atoms with Crippen LogP contribution in [0.2, 0.25) is 0 Å². The van der Waals surface area contributed by atoms with Crippen LogP contribution in [0.15, 0.2) is 66.7 Å². The zero-order chi connectivity index (χ0) is 25.7. The Kier molecular flexibility index (Phi) is 7.80. The number of methoxy groups -OCH3 is 3. The molecule has 0 radical (unpaired) electrons. The van der Waals surface area contributed by atoms with Crippen LogP contribution in [0.1, 0.15) is 21.5 Å². The maximum atomic E-state index is 14.0. The van der Waals surface area contributed by atoms with E-state index in [1.165, 1.54) is 26.4 Å². The summed E-state index contributed by atoms with van der Waals surface area (Å²) in [5.74, 6) is 0.277. The van der Waals surface area contributed by atoms with Crippen molar-refractivity contribution >= 4 is 16.8 Å². The van der Waals surface area contributed by atoms with E-state index in [9.17, 15) is 9.18 Å². The fourth-order valence-corrected chi connectivity index (χ4v) is 4.15. The molecule has 0 aliphatic rings. The molecule has 0 spiro atoms. The van der Waals surface area contributed by atoms with Crippen LogP contribution < -0.4 is 9.47 Å². The molecule has 0 atom stereocenters. The molecule has 0 saturated heterocycles. The highest BCUT2D eigenvalue weighted by Crippen LogP contribution is 2.33. The van der Waals surface area contributed by atoms with Gasteiger partial charge in [0.05, 0.1) is 37.6 Å². The first-order valence-corrected chi connectivity index (χ1v) is 11.6. The van der Waals surface area contributed by atoms with Crippen molar-refractivity contribution in [1.29, 1.82) is 0 Å². The Hall–Kier alpha value is -3.97. The van der Waals surface area contributed by atoms with E-state index in [0.29, 0.717) is 41.4 Å². The fourth-order valence-electron chi connectivity index (χ4n) is 4.15. The molecule has 0 fully saturated rings. The number of halogens is 1. The SMILES string of the molecule is COCCN(Cc1cc2ccc(F)cc2nc1-c1ccc(C)cc1)C(=O)c1cccc(OC)c1OC. The van der Waals surface area contributed by atoms with E-state index in [1.807, 2.05) is 37.3 Å². The summed E-state index contributed by atoms with van der Waals surface area (Å²) < 4.78 is 30.2. The smallest absolute Gasteiger partial charge is 0.258 e. The van der Waals surface area contributed by atoms with Gasteiger partial charge in [0, 0.05) is 37.2 Å². The number of carbonyl (C=O) groups is 1. The Morgan fingerprint density at radius 3 is 2.44 bits per heavy atom. The van der Waals surface area contributed by atoms with Crippen LogP contribution in [0, 0.1) is 12.7 Å². The number of benzene rings is 3. The van der Waals surface area contributed by atoms with E-state index < -0.39 is 0 Å². The average molecular weight is 489 g/mol. The third-order valence-electron chi connectivity index (χ3n) is 6.03. The van der Waals surface area contributed by atoms with E-state index in [2.05, 4.69) is 0 Å². The van der Waals surface area contributed by atoms with Gasteiger partial charge < -0.3 is 19.1 Å². The molecule has 186 valence electrons. The molecular weight excluding hydrogens is 459 g/mol. The molecule has 0 N–H and O–H groups in total. The van der Waals surface area contributed by atoms with E-state index in [-0.39, 0.29) is 18.3 Å². The van der Waals surface area contributed by atoms with Crippen LogP contribution >= 0.6 is 0 Å². The third-order valence-corrected chi connectivity index (χ3v) is 6.03. The molecule has 0 saturated carbocycles. The van der Waals surface area contributed by atoms with E-state index in [0.717, 1.165) is 22.1 Å². The molecule has 0 aliphatic heterocycles. The van der Waals surface area contributed by atoms with Crippen LogP contribution in [0.4, 0.5) is 4.39 Å². The van der Waals surface area contributed by atoms with Crippen LogP contribution in [0.25, 0.3) is 22.2 Å². The van der Waals surface area contributed by atoms with Crippen molar-refractivity contribution in [3.63, 3.8) is 0 Å². The standard InChI is InChI=1S/C29H29FN2O4/c1-19-8-10-20(11-9-19)27-22(16-21-12-13-23(30)17-25(21)31-27)18-32(14-15-34-2)29(33)24-6-5-7-26(35-3)28(24)36-4/h5-13,16-17H,14-15,18H2,1-4H3. The summed E-state index contributed by atoms with van der Waals surface area (Å²) in [5, 5.41) is 0.792. The number of aryl methyl sites for hydroxylation is 1. The molecule has 0 unspecified atom stereocenters. The molecule has 1 amide bonds. The number of pyridine rings is 1. The van der Waals surface area contributed by atoms with Gasteiger partial charge in [0.1, 0.15) is 5.82 Å². The van der Waals surface area contributed by atoms with Crippen molar-refractivity contribution in [1.82, 2.24) is 9.88 Å². The molecule has 1 heterocycles. The Bertz CT molecular complexity index is 1370. The number of fused-ring (bicyclic) bond motifs is 1. The minimum Gasteiger partial charge on any atom is -0.493 e. The summed E-state index contributed by atoms with van der Waals surface area (Å²) in [6.45, 7) is 2.99. The monoisotopic (exact) mass is 488 g/mol. The second kappa shape index (κ2) is 11.2. The third kappa shape index (κ3) is 5.31. The summed E-state index contributed by atoms with van der Waals surface area (Å²) >= 11 is 0. The lowest BCUT2D eigenvalue weighted by Crippen LogP contribution is -2.34. The number of ether oxygens (including phenoxy) is 3. The molecule has 0 aliphatic carbocycles. The summed E-state index contributed by atoms with van der Waals surface area (Å²) in [5.41, 5.74) is 4.48. The van der Waals surface area contributed by atoms with Crippen LogP contribution in [0.5, 0.6) is 11.5 Å². The number of hydrogen-bond donors (Lipinski definition) is 0. The predicted octanol–water partition coefficient (Wildman–Crippen LogP) is 5.66. The lowest BCUT2D eigenvalue weighted by Gasteiger charge is -2.25. The van der Waals surface area contributed by atoms with Gasteiger partial charge in [-0.3, -0.25) is 4.79 Å². The zero-order valence-electron chi connectivity index (χ0n) is 20.9. The maximum Gasteiger partial charge on any atom is 0.258 e. The van der Waals surface area contributed by atoms with Gasteiger partial charge >= 0.3 is 0 Å². The van der Waals surface area contributed by atoms with E-state index in [1.54, 1.807) is 36.3 Å². The molecule has 7 heteroatoms. The molecule has 3 aromatic carbocycles.